The fourth-order valence-electron chi connectivity index (χ4n) is 2.28. The average Bonchev–Trinajstić information content (AvgIpc) is 3.03. The molecule has 2 heterocycles. The molecular weight excluding hydrogens is 362 g/mol. The smallest absolute Gasteiger partial charge is 0.166 e. The summed E-state index contributed by atoms with van der Waals surface area (Å²) in [7, 11) is 1.69. The van der Waals surface area contributed by atoms with Crippen molar-refractivity contribution in [3.05, 3.63) is 42.2 Å². The Morgan fingerprint density at radius 2 is 2.08 bits per heavy atom. The van der Waals surface area contributed by atoms with E-state index in [1.165, 1.54) is 0 Å². The Bertz CT molecular complexity index is 776. The van der Waals surface area contributed by atoms with E-state index in [1.807, 2.05) is 36.5 Å². The standard InChI is InChI=1S/C17H18ClN3OS2/c1-22-16-14(19-9-7-15(16)23-10-4-8-18)11-24-17-20-12-5-2-3-6-13(12)21-17/h2-3,5-7,9H,4,8,10-11H2,1H3,(H,20,21). The van der Waals surface area contributed by atoms with Crippen LogP contribution in [0.5, 0.6) is 5.75 Å². The number of rotatable bonds is 8. The monoisotopic (exact) mass is 379 g/mol. The van der Waals surface area contributed by atoms with Crippen LogP contribution in [0.4, 0.5) is 0 Å². The van der Waals surface area contributed by atoms with Crippen LogP contribution in [0.25, 0.3) is 11.0 Å². The molecule has 0 amide bonds. The number of fused-ring (bicyclic) bond motifs is 1. The second kappa shape index (κ2) is 8.65. The molecular formula is C17H18ClN3OS2. The van der Waals surface area contributed by atoms with E-state index in [4.69, 9.17) is 16.3 Å². The van der Waals surface area contributed by atoms with Gasteiger partial charge in [0.15, 0.2) is 10.9 Å². The number of pyridine rings is 1. The highest BCUT2D eigenvalue weighted by molar-refractivity contribution is 7.99. The number of para-hydroxylation sites is 2. The third-order valence-electron chi connectivity index (χ3n) is 3.40. The Labute approximate surface area is 154 Å². The molecule has 0 atom stereocenters. The Balaban J connectivity index is 1.72. The second-order valence-corrected chi connectivity index (χ2v) is 7.51. The first-order valence-corrected chi connectivity index (χ1v) is 10.1. The van der Waals surface area contributed by atoms with Gasteiger partial charge in [0.2, 0.25) is 0 Å². The number of hydrogen-bond acceptors (Lipinski definition) is 5. The third-order valence-corrected chi connectivity index (χ3v) is 5.67. The van der Waals surface area contributed by atoms with Gasteiger partial charge in [-0.25, -0.2) is 4.98 Å². The number of thioether (sulfide) groups is 2. The van der Waals surface area contributed by atoms with E-state index in [2.05, 4.69) is 15.0 Å². The zero-order valence-electron chi connectivity index (χ0n) is 13.3. The quantitative estimate of drug-likeness (QED) is 0.340. The molecule has 0 aliphatic heterocycles. The molecule has 1 N–H and O–H groups in total. The zero-order chi connectivity index (χ0) is 16.8. The van der Waals surface area contributed by atoms with Gasteiger partial charge in [0, 0.05) is 17.8 Å². The highest BCUT2D eigenvalue weighted by Crippen LogP contribution is 2.34. The molecule has 2 aromatic heterocycles. The molecule has 0 spiro atoms. The summed E-state index contributed by atoms with van der Waals surface area (Å²) in [6, 6.07) is 10.0. The van der Waals surface area contributed by atoms with Gasteiger partial charge in [0.25, 0.3) is 0 Å². The molecule has 7 heteroatoms. The summed E-state index contributed by atoms with van der Waals surface area (Å²) >= 11 is 9.13. The van der Waals surface area contributed by atoms with Crippen LogP contribution >= 0.6 is 35.1 Å². The van der Waals surface area contributed by atoms with Crippen LogP contribution in [0.2, 0.25) is 0 Å². The molecule has 24 heavy (non-hydrogen) atoms. The van der Waals surface area contributed by atoms with E-state index in [1.54, 1.807) is 30.6 Å². The van der Waals surface area contributed by atoms with Gasteiger partial charge in [-0.3, -0.25) is 4.98 Å². The van der Waals surface area contributed by atoms with Gasteiger partial charge in [-0.1, -0.05) is 23.9 Å². The molecule has 3 rings (SSSR count). The van der Waals surface area contributed by atoms with Crippen LogP contribution in [0.1, 0.15) is 12.1 Å². The molecule has 0 bridgehead atoms. The van der Waals surface area contributed by atoms with Gasteiger partial charge in [0.05, 0.1) is 28.7 Å². The van der Waals surface area contributed by atoms with Crippen LogP contribution in [0, 0.1) is 0 Å². The number of halogens is 1. The molecule has 0 fully saturated rings. The van der Waals surface area contributed by atoms with E-state index in [-0.39, 0.29) is 0 Å². The number of benzene rings is 1. The number of alkyl halides is 1. The summed E-state index contributed by atoms with van der Waals surface area (Å²) in [6.07, 6.45) is 2.81. The van der Waals surface area contributed by atoms with Crippen molar-refractivity contribution in [2.24, 2.45) is 0 Å². The molecule has 0 aliphatic carbocycles. The maximum absolute atomic E-state index is 5.75. The zero-order valence-corrected chi connectivity index (χ0v) is 15.7. The minimum atomic E-state index is 0.676. The molecule has 126 valence electrons. The van der Waals surface area contributed by atoms with Gasteiger partial charge in [-0.15, -0.1) is 23.4 Å². The van der Waals surface area contributed by atoms with Crippen molar-refractivity contribution in [2.45, 2.75) is 22.2 Å². The van der Waals surface area contributed by atoms with Crippen LogP contribution < -0.4 is 4.74 Å². The number of imidazole rings is 1. The van der Waals surface area contributed by atoms with Crippen LogP contribution in [0.15, 0.2) is 46.6 Å². The predicted molar refractivity (Wildman–Crippen MR) is 103 cm³/mol. The number of nitrogens with one attached hydrogen (secondary N) is 1. The lowest BCUT2D eigenvalue weighted by Gasteiger charge is -2.11. The van der Waals surface area contributed by atoms with Gasteiger partial charge in [-0.2, -0.15) is 0 Å². The Morgan fingerprint density at radius 1 is 1.21 bits per heavy atom. The van der Waals surface area contributed by atoms with Crippen molar-refractivity contribution in [1.29, 1.82) is 0 Å². The van der Waals surface area contributed by atoms with Crippen molar-refractivity contribution in [2.75, 3.05) is 18.7 Å². The molecule has 0 aliphatic rings. The minimum Gasteiger partial charge on any atom is -0.494 e. The largest absolute Gasteiger partial charge is 0.494 e. The van der Waals surface area contributed by atoms with Crippen molar-refractivity contribution >= 4 is 46.2 Å². The fraction of sp³-hybridized carbons (Fsp3) is 0.294. The molecule has 0 saturated heterocycles. The highest BCUT2D eigenvalue weighted by atomic mass is 35.5. The van der Waals surface area contributed by atoms with Gasteiger partial charge in [0.1, 0.15) is 0 Å². The van der Waals surface area contributed by atoms with Crippen LogP contribution in [-0.2, 0) is 5.75 Å². The Morgan fingerprint density at radius 3 is 2.88 bits per heavy atom. The van der Waals surface area contributed by atoms with Crippen molar-refractivity contribution in [3.63, 3.8) is 0 Å². The van der Waals surface area contributed by atoms with Crippen LogP contribution in [-0.4, -0.2) is 33.7 Å². The Hall–Kier alpha value is -1.37. The SMILES string of the molecule is COc1c(SCCCCl)ccnc1CSc1nc2ccccc2[nH]1. The van der Waals surface area contributed by atoms with Gasteiger partial charge >= 0.3 is 0 Å². The first-order valence-electron chi connectivity index (χ1n) is 7.60. The number of hydrogen-bond donors (Lipinski definition) is 1. The lowest BCUT2D eigenvalue weighted by atomic mass is 10.3. The second-order valence-electron chi connectivity index (χ2n) is 5.03. The summed E-state index contributed by atoms with van der Waals surface area (Å²) < 4.78 is 5.59. The molecule has 3 aromatic rings. The summed E-state index contributed by atoms with van der Waals surface area (Å²) in [4.78, 5) is 13.5. The molecule has 4 nitrogen and oxygen atoms in total. The summed E-state index contributed by atoms with van der Waals surface area (Å²) in [6.45, 7) is 0. The predicted octanol–water partition coefficient (Wildman–Crippen LogP) is 4.98. The topological polar surface area (TPSA) is 50.8 Å². The molecule has 0 radical (unpaired) electrons. The molecule has 0 unspecified atom stereocenters. The van der Waals surface area contributed by atoms with E-state index >= 15 is 0 Å². The normalized spacial score (nSPS) is 11.1. The number of aromatic nitrogens is 3. The van der Waals surface area contributed by atoms with Crippen molar-refractivity contribution in [1.82, 2.24) is 15.0 Å². The van der Waals surface area contributed by atoms with E-state index in [9.17, 15) is 0 Å². The number of H-pyrrole nitrogens is 1. The lowest BCUT2D eigenvalue weighted by molar-refractivity contribution is 0.398. The first kappa shape index (κ1) is 17.5. The van der Waals surface area contributed by atoms with Gasteiger partial charge in [-0.05, 0) is 30.4 Å². The van der Waals surface area contributed by atoms with E-state index in [0.29, 0.717) is 11.6 Å². The molecule has 0 saturated carbocycles. The van der Waals surface area contributed by atoms with E-state index < -0.39 is 0 Å². The van der Waals surface area contributed by atoms with Crippen LogP contribution in [0.3, 0.4) is 0 Å². The number of aromatic amines is 1. The molecule has 1 aromatic carbocycles. The maximum Gasteiger partial charge on any atom is 0.166 e. The number of methoxy groups -OCH3 is 1. The average molecular weight is 380 g/mol. The van der Waals surface area contributed by atoms with Crippen molar-refractivity contribution in [3.8, 4) is 5.75 Å². The highest BCUT2D eigenvalue weighted by Gasteiger charge is 2.12. The fourth-order valence-corrected chi connectivity index (χ4v) is 4.39. The summed E-state index contributed by atoms with van der Waals surface area (Å²) in [5, 5.41) is 0.889. The van der Waals surface area contributed by atoms with Gasteiger partial charge < -0.3 is 9.72 Å². The lowest BCUT2D eigenvalue weighted by Crippen LogP contribution is -1.97. The number of nitrogens with zero attached hydrogens (tertiary/aromatic N) is 2. The number of ether oxygens (including phenoxy) is 1. The third kappa shape index (κ3) is 4.18. The minimum absolute atomic E-state index is 0.676. The van der Waals surface area contributed by atoms with E-state index in [0.717, 1.165) is 44.7 Å². The Kier molecular flexibility index (Phi) is 6.29. The van der Waals surface area contributed by atoms with Crippen molar-refractivity contribution < 1.29 is 4.74 Å². The maximum atomic E-state index is 5.75. The summed E-state index contributed by atoms with van der Waals surface area (Å²) in [5.74, 6) is 3.20. The first-order chi connectivity index (χ1) is 11.8. The summed E-state index contributed by atoms with van der Waals surface area (Å²) in [5.41, 5.74) is 2.95.